The van der Waals surface area contributed by atoms with Gasteiger partial charge in [0, 0.05) is 25.1 Å². The van der Waals surface area contributed by atoms with E-state index in [1.54, 1.807) is 0 Å². The zero-order valence-corrected chi connectivity index (χ0v) is 12.2. The number of carbonyl (C=O) groups excluding carboxylic acids is 3. The SMILES string of the molecule is COc1c(CN)ccc2c1C(=O)N(C1CCC(=O)NC1=O)C2. The number of nitrogens with zero attached hydrogens (tertiary/aromatic N) is 1. The minimum atomic E-state index is -0.622. The van der Waals surface area contributed by atoms with Crippen molar-refractivity contribution in [2.75, 3.05) is 7.11 Å². The molecule has 116 valence electrons. The molecule has 0 radical (unpaired) electrons. The normalized spacial score (nSPS) is 20.9. The Labute approximate surface area is 127 Å². The Morgan fingerprint density at radius 2 is 2.14 bits per heavy atom. The molecule has 1 aromatic rings. The third kappa shape index (κ3) is 2.14. The second-order valence-electron chi connectivity index (χ2n) is 5.40. The number of amides is 3. The number of fused-ring (bicyclic) bond motifs is 1. The molecule has 7 nitrogen and oxygen atoms in total. The summed E-state index contributed by atoms with van der Waals surface area (Å²) in [5.74, 6) is -0.500. The molecule has 3 amide bonds. The molecule has 1 atom stereocenters. The van der Waals surface area contributed by atoms with E-state index in [0.29, 0.717) is 24.3 Å². The molecule has 0 aromatic heterocycles. The van der Waals surface area contributed by atoms with E-state index in [0.717, 1.165) is 11.1 Å². The van der Waals surface area contributed by atoms with Gasteiger partial charge in [-0.25, -0.2) is 0 Å². The molecule has 2 aliphatic heterocycles. The highest BCUT2D eigenvalue weighted by Gasteiger charge is 2.40. The fourth-order valence-corrected chi connectivity index (χ4v) is 3.06. The number of hydrogen-bond donors (Lipinski definition) is 2. The van der Waals surface area contributed by atoms with Gasteiger partial charge >= 0.3 is 0 Å². The highest BCUT2D eigenvalue weighted by atomic mass is 16.5. The fourth-order valence-electron chi connectivity index (χ4n) is 3.06. The monoisotopic (exact) mass is 303 g/mol. The lowest BCUT2D eigenvalue weighted by atomic mass is 10.0. The number of rotatable bonds is 3. The van der Waals surface area contributed by atoms with E-state index in [-0.39, 0.29) is 24.8 Å². The maximum absolute atomic E-state index is 12.7. The number of piperidine rings is 1. The number of benzene rings is 1. The second-order valence-corrected chi connectivity index (χ2v) is 5.40. The van der Waals surface area contributed by atoms with Crippen LogP contribution in [0.4, 0.5) is 0 Å². The summed E-state index contributed by atoms with van der Waals surface area (Å²) in [6, 6.07) is 3.05. The van der Waals surface area contributed by atoms with Crippen molar-refractivity contribution in [2.24, 2.45) is 5.73 Å². The van der Waals surface area contributed by atoms with Crippen LogP contribution in [-0.2, 0) is 22.7 Å². The van der Waals surface area contributed by atoms with E-state index in [1.807, 2.05) is 12.1 Å². The van der Waals surface area contributed by atoms with E-state index in [4.69, 9.17) is 10.5 Å². The molecular formula is C15H17N3O4. The number of nitrogens with two attached hydrogens (primary N) is 1. The Balaban J connectivity index is 1.95. The maximum atomic E-state index is 12.7. The topological polar surface area (TPSA) is 102 Å². The third-order valence-electron chi connectivity index (χ3n) is 4.15. The van der Waals surface area contributed by atoms with Crippen molar-refractivity contribution in [3.63, 3.8) is 0 Å². The predicted molar refractivity (Wildman–Crippen MR) is 76.9 cm³/mol. The van der Waals surface area contributed by atoms with Crippen LogP contribution in [0.25, 0.3) is 0 Å². The molecule has 2 heterocycles. The Morgan fingerprint density at radius 3 is 2.77 bits per heavy atom. The van der Waals surface area contributed by atoms with E-state index in [2.05, 4.69) is 5.32 Å². The van der Waals surface area contributed by atoms with Crippen LogP contribution in [0.5, 0.6) is 5.75 Å². The van der Waals surface area contributed by atoms with Crippen molar-refractivity contribution in [2.45, 2.75) is 32.0 Å². The summed E-state index contributed by atoms with van der Waals surface area (Å²) in [5, 5.41) is 2.28. The Kier molecular flexibility index (Phi) is 3.58. The Morgan fingerprint density at radius 1 is 1.36 bits per heavy atom. The van der Waals surface area contributed by atoms with Crippen LogP contribution < -0.4 is 15.8 Å². The van der Waals surface area contributed by atoms with Crippen LogP contribution in [0.15, 0.2) is 12.1 Å². The first-order valence-corrected chi connectivity index (χ1v) is 7.10. The molecule has 0 bridgehead atoms. The number of methoxy groups -OCH3 is 1. The molecule has 3 N–H and O–H groups in total. The van der Waals surface area contributed by atoms with E-state index < -0.39 is 11.9 Å². The summed E-state index contributed by atoms with van der Waals surface area (Å²) < 4.78 is 5.35. The van der Waals surface area contributed by atoms with E-state index >= 15 is 0 Å². The molecule has 3 rings (SSSR count). The van der Waals surface area contributed by atoms with Crippen molar-refractivity contribution in [3.05, 3.63) is 28.8 Å². The third-order valence-corrected chi connectivity index (χ3v) is 4.15. The second kappa shape index (κ2) is 5.42. The molecule has 1 saturated heterocycles. The molecule has 22 heavy (non-hydrogen) atoms. The lowest BCUT2D eigenvalue weighted by Gasteiger charge is -2.29. The lowest BCUT2D eigenvalue weighted by Crippen LogP contribution is -2.52. The van der Waals surface area contributed by atoms with E-state index in [9.17, 15) is 14.4 Å². The van der Waals surface area contributed by atoms with Crippen LogP contribution in [0, 0.1) is 0 Å². The first kappa shape index (κ1) is 14.5. The molecule has 7 heteroatoms. The van der Waals surface area contributed by atoms with Gasteiger partial charge in [-0.3, -0.25) is 19.7 Å². The molecular weight excluding hydrogens is 286 g/mol. The van der Waals surface area contributed by atoms with Crippen molar-refractivity contribution < 1.29 is 19.1 Å². The highest BCUT2D eigenvalue weighted by Crippen LogP contribution is 2.35. The quantitative estimate of drug-likeness (QED) is 0.760. The van der Waals surface area contributed by atoms with Crippen LogP contribution in [0.2, 0.25) is 0 Å². The van der Waals surface area contributed by atoms with Crippen LogP contribution in [-0.4, -0.2) is 35.8 Å². The first-order chi connectivity index (χ1) is 10.6. The van der Waals surface area contributed by atoms with Gasteiger partial charge in [0.15, 0.2) is 0 Å². The number of imide groups is 1. The highest BCUT2D eigenvalue weighted by molar-refractivity contribution is 6.06. The average Bonchev–Trinajstić information content (AvgIpc) is 2.83. The first-order valence-electron chi connectivity index (χ1n) is 7.10. The lowest BCUT2D eigenvalue weighted by molar-refractivity contribution is -0.136. The molecule has 0 spiro atoms. The van der Waals surface area contributed by atoms with E-state index in [1.165, 1.54) is 12.0 Å². The minimum absolute atomic E-state index is 0.238. The average molecular weight is 303 g/mol. The largest absolute Gasteiger partial charge is 0.496 e. The predicted octanol–water partition coefficient (Wildman–Crippen LogP) is -0.0851. The van der Waals surface area contributed by atoms with Crippen LogP contribution >= 0.6 is 0 Å². The summed E-state index contributed by atoms with van der Waals surface area (Å²) in [7, 11) is 1.50. The van der Waals surface area contributed by atoms with Gasteiger partial charge in [0.05, 0.1) is 12.7 Å². The van der Waals surface area contributed by atoms with Gasteiger partial charge in [0.2, 0.25) is 11.8 Å². The fraction of sp³-hybridized carbons (Fsp3) is 0.400. The Bertz CT molecular complexity index is 671. The van der Waals surface area contributed by atoms with Gasteiger partial charge in [0.1, 0.15) is 11.8 Å². The number of nitrogens with one attached hydrogen (secondary N) is 1. The minimum Gasteiger partial charge on any atom is -0.496 e. The van der Waals surface area contributed by atoms with Crippen molar-refractivity contribution in [3.8, 4) is 5.75 Å². The smallest absolute Gasteiger partial charge is 0.258 e. The van der Waals surface area contributed by atoms with Crippen molar-refractivity contribution >= 4 is 17.7 Å². The molecule has 1 fully saturated rings. The number of hydrogen-bond acceptors (Lipinski definition) is 5. The zero-order chi connectivity index (χ0) is 15.9. The zero-order valence-electron chi connectivity index (χ0n) is 12.2. The van der Waals surface area contributed by atoms with Gasteiger partial charge in [0.25, 0.3) is 5.91 Å². The van der Waals surface area contributed by atoms with Gasteiger partial charge in [-0.05, 0) is 12.0 Å². The summed E-state index contributed by atoms with van der Waals surface area (Å²) in [5.41, 5.74) is 7.70. The summed E-state index contributed by atoms with van der Waals surface area (Å²) in [4.78, 5) is 37.4. The van der Waals surface area contributed by atoms with Gasteiger partial charge in [-0.15, -0.1) is 0 Å². The standard InChI is InChI=1S/C15H17N3O4/c1-22-13-8(6-16)2-3-9-7-18(15(21)12(9)13)10-4-5-11(19)17-14(10)20/h2-3,10H,4-7,16H2,1H3,(H,17,19,20). The Hall–Kier alpha value is -2.41. The summed E-state index contributed by atoms with van der Waals surface area (Å²) >= 11 is 0. The van der Waals surface area contributed by atoms with Crippen LogP contribution in [0.3, 0.4) is 0 Å². The number of carbonyl (C=O) groups is 3. The molecule has 0 saturated carbocycles. The molecule has 1 unspecified atom stereocenters. The number of ether oxygens (including phenoxy) is 1. The van der Waals surface area contributed by atoms with Crippen molar-refractivity contribution in [1.29, 1.82) is 0 Å². The maximum Gasteiger partial charge on any atom is 0.258 e. The van der Waals surface area contributed by atoms with Gasteiger partial charge in [-0.1, -0.05) is 12.1 Å². The van der Waals surface area contributed by atoms with Crippen LogP contribution in [0.1, 0.15) is 34.3 Å². The molecule has 2 aliphatic rings. The molecule has 1 aromatic carbocycles. The van der Waals surface area contributed by atoms with Crippen molar-refractivity contribution in [1.82, 2.24) is 10.2 Å². The summed E-state index contributed by atoms with van der Waals surface area (Å²) in [6.45, 7) is 0.601. The summed E-state index contributed by atoms with van der Waals surface area (Å²) in [6.07, 6.45) is 0.582. The molecule has 0 aliphatic carbocycles. The van der Waals surface area contributed by atoms with Gasteiger partial charge in [-0.2, -0.15) is 0 Å². The van der Waals surface area contributed by atoms with Gasteiger partial charge < -0.3 is 15.4 Å².